The summed E-state index contributed by atoms with van der Waals surface area (Å²) in [6.07, 6.45) is 0.705. The van der Waals surface area contributed by atoms with Crippen LogP contribution in [0.3, 0.4) is 0 Å². The SMILES string of the molecule is NS(=O)(=O)c1ccc(CCNC2CC(=O)N(Cc3ccc(Cl)cc3)C2=O)cc1. The van der Waals surface area contributed by atoms with E-state index in [1.807, 2.05) is 0 Å². The Balaban J connectivity index is 1.53. The molecule has 2 aromatic rings. The molecule has 2 aromatic carbocycles. The van der Waals surface area contributed by atoms with Gasteiger partial charge in [-0.05, 0) is 48.4 Å². The van der Waals surface area contributed by atoms with Gasteiger partial charge in [-0.2, -0.15) is 0 Å². The number of hydrogen-bond donors (Lipinski definition) is 2. The third-order valence-electron chi connectivity index (χ3n) is 4.55. The standard InChI is InChI=1S/C19H20ClN3O4S/c20-15-5-1-14(2-6-15)12-23-18(24)11-17(19(23)25)22-10-9-13-3-7-16(8-4-13)28(21,26)27/h1-8,17,22H,9-12H2,(H2,21,26,27). The van der Waals surface area contributed by atoms with Gasteiger partial charge >= 0.3 is 0 Å². The number of benzene rings is 2. The predicted octanol–water partition coefficient (Wildman–Crippen LogP) is 1.45. The van der Waals surface area contributed by atoms with E-state index in [2.05, 4.69) is 5.32 Å². The lowest BCUT2D eigenvalue weighted by molar-refractivity contribution is -0.139. The van der Waals surface area contributed by atoms with E-state index < -0.39 is 16.1 Å². The molecule has 0 spiro atoms. The highest BCUT2D eigenvalue weighted by molar-refractivity contribution is 7.89. The maximum absolute atomic E-state index is 12.5. The number of nitrogens with zero attached hydrogens (tertiary/aromatic N) is 1. The summed E-state index contributed by atoms with van der Waals surface area (Å²) in [7, 11) is -3.71. The van der Waals surface area contributed by atoms with Gasteiger partial charge in [-0.1, -0.05) is 35.9 Å². The van der Waals surface area contributed by atoms with Gasteiger partial charge in [0.15, 0.2) is 0 Å². The minimum Gasteiger partial charge on any atom is -0.305 e. The molecule has 3 rings (SSSR count). The number of carbonyl (C=O) groups is 2. The second-order valence-electron chi connectivity index (χ2n) is 6.59. The Bertz CT molecular complexity index is 975. The molecule has 7 nitrogen and oxygen atoms in total. The first-order valence-electron chi connectivity index (χ1n) is 8.68. The first-order chi connectivity index (χ1) is 13.2. The van der Waals surface area contributed by atoms with Crippen molar-refractivity contribution in [1.82, 2.24) is 10.2 Å². The van der Waals surface area contributed by atoms with E-state index >= 15 is 0 Å². The Morgan fingerprint density at radius 3 is 2.25 bits per heavy atom. The third-order valence-corrected chi connectivity index (χ3v) is 5.74. The van der Waals surface area contributed by atoms with E-state index in [0.29, 0.717) is 18.0 Å². The van der Waals surface area contributed by atoms with Gasteiger partial charge < -0.3 is 5.32 Å². The molecule has 1 saturated heterocycles. The Morgan fingerprint density at radius 1 is 1.04 bits per heavy atom. The van der Waals surface area contributed by atoms with E-state index in [4.69, 9.17) is 16.7 Å². The molecule has 1 aliphatic heterocycles. The Morgan fingerprint density at radius 2 is 1.64 bits per heavy atom. The fraction of sp³-hybridized carbons (Fsp3) is 0.263. The highest BCUT2D eigenvalue weighted by atomic mass is 35.5. The number of nitrogens with one attached hydrogen (secondary N) is 1. The van der Waals surface area contributed by atoms with Gasteiger partial charge in [-0.15, -0.1) is 0 Å². The summed E-state index contributed by atoms with van der Waals surface area (Å²) < 4.78 is 22.5. The fourth-order valence-corrected chi connectivity index (χ4v) is 3.66. The summed E-state index contributed by atoms with van der Waals surface area (Å²) in [4.78, 5) is 26.0. The minimum atomic E-state index is -3.71. The quantitative estimate of drug-likeness (QED) is 0.657. The Kier molecular flexibility index (Phi) is 6.14. The lowest BCUT2D eigenvalue weighted by atomic mass is 10.1. The van der Waals surface area contributed by atoms with E-state index in [9.17, 15) is 18.0 Å². The first-order valence-corrected chi connectivity index (χ1v) is 10.6. The molecule has 1 unspecified atom stereocenters. The van der Waals surface area contributed by atoms with Crippen molar-refractivity contribution in [2.75, 3.05) is 6.54 Å². The van der Waals surface area contributed by atoms with Crippen LogP contribution in [0.1, 0.15) is 17.5 Å². The van der Waals surface area contributed by atoms with Crippen LogP contribution in [0, 0.1) is 0 Å². The largest absolute Gasteiger partial charge is 0.305 e. The lowest BCUT2D eigenvalue weighted by Crippen LogP contribution is -2.39. The molecule has 1 atom stereocenters. The Hall–Kier alpha value is -2.26. The summed E-state index contributed by atoms with van der Waals surface area (Å²) in [5, 5.41) is 8.77. The van der Waals surface area contributed by atoms with Crippen molar-refractivity contribution in [3.05, 3.63) is 64.7 Å². The number of rotatable bonds is 7. The average molecular weight is 422 g/mol. The summed E-state index contributed by atoms with van der Waals surface area (Å²) in [6, 6.07) is 12.7. The summed E-state index contributed by atoms with van der Waals surface area (Å²) in [5.41, 5.74) is 1.73. The molecule has 0 saturated carbocycles. The van der Waals surface area contributed by atoms with Gasteiger partial charge in [0.25, 0.3) is 0 Å². The van der Waals surface area contributed by atoms with Crippen LogP contribution in [0.25, 0.3) is 0 Å². The van der Waals surface area contributed by atoms with Crippen molar-refractivity contribution in [3.63, 3.8) is 0 Å². The zero-order chi connectivity index (χ0) is 20.3. The van der Waals surface area contributed by atoms with Crippen LogP contribution in [0.15, 0.2) is 53.4 Å². The number of nitrogens with two attached hydrogens (primary N) is 1. The maximum Gasteiger partial charge on any atom is 0.247 e. The molecule has 9 heteroatoms. The lowest BCUT2D eigenvalue weighted by Gasteiger charge is -2.15. The number of primary sulfonamides is 1. The second kappa shape index (κ2) is 8.40. The van der Waals surface area contributed by atoms with Crippen molar-refractivity contribution in [2.24, 2.45) is 5.14 Å². The van der Waals surface area contributed by atoms with Crippen LogP contribution in [-0.4, -0.2) is 37.7 Å². The van der Waals surface area contributed by atoms with Gasteiger partial charge in [-0.3, -0.25) is 14.5 Å². The average Bonchev–Trinajstić information content (AvgIpc) is 2.91. The minimum absolute atomic E-state index is 0.0543. The van der Waals surface area contributed by atoms with Crippen LogP contribution < -0.4 is 10.5 Å². The van der Waals surface area contributed by atoms with E-state index in [1.165, 1.54) is 17.0 Å². The van der Waals surface area contributed by atoms with Crippen LogP contribution in [0.2, 0.25) is 5.02 Å². The third kappa shape index (κ3) is 4.96. The zero-order valence-corrected chi connectivity index (χ0v) is 16.5. The number of imide groups is 1. The zero-order valence-electron chi connectivity index (χ0n) is 15.0. The fourth-order valence-electron chi connectivity index (χ4n) is 3.02. The van der Waals surface area contributed by atoms with Gasteiger partial charge in [0.1, 0.15) is 0 Å². The van der Waals surface area contributed by atoms with Crippen molar-refractivity contribution in [1.29, 1.82) is 0 Å². The molecule has 1 aliphatic rings. The van der Waals surface area contributed by atoms with Crippen LogP contribution in [0.5, 0.6) is 0 Å². The highest BCUT2D eigenvalue weighted by Crippen LogP contribution is 2.18. The van der Waals surface area contributed by atoms with Gasteiger partial charge in [0, 0.05) is 5.02 Å². The molecular formula is C19H20ClN3O4S. The van der Waals surface area contributed by atoms with Gasteiger partial charge in [-0.25, -0.2) is 13.6 Å². The molecule has 1 heterocycles. The normalized spacial score (nSPS) is 17.4. The summed E-state index contributed by atoms with van der Waals surface area (Å²) >= 11 is 5.85. The molecule has 0 aromatic heterocycles. The molecule has 1 fully saturated rings. The molecule has 148 valence electrons. The van der Waals surface area contributed by atoms with E-state index in [1.54, 1.807) is 36.4 Å². The molecule has 28 heavy (non-hydrogen) atoms. The van der Waals surface area contributed by atoms with Crippen LogP contribution in [-0.2, 0) is 32.6 Å². The first kappa shape index (κ1) is 20.5. The number of carbonyl (C=O) groups excluding carboxylic acids is 2. The van der Waals surface area contributed by atoms with Crippen LogP contribution in [0.4, 0.5) is 0 Å². The molecule has 0 aliphatic carbocycles. The van der Waals surface area contributed by atoms with E-state index in [0.717, 1.165) is 11.1 Å². The second-order valence-corrected chi connectivity index (χ2v) is 8.59. The summed E-state index contributed by atoms with van der Waals surface area (Å²) in [6.45, 7) is 0.704. The monoisotopic (exact) mass is 421 g/mol. The molecule has 2 amide bonds. The number of halogens is 1. The number of amides is 2. The number of sulfonamides is 1. The van der Waals surface area contributed by atoms with Crippen molar-refractivity contribution < 1.29 is 18.0 Å². The van der Waals surface area contributed by atoms with Gasteiger partial charge in [0.2, 0.25) is 21.8 Å². The predicted molar refractivity (Wildman–Crippen MR) is 105 cm³/mol. The summed E-state index contributed by atoms with van der Waals surface area (Å²) in [5.74, 6) is -0.459. The van der Waals surface area contributed by atoms with E-state index in [-0.39, 0.29) is 29.7 Å². The highest BCUT2D eigenvalue weighted by Gasteiger charge is 2.37. The van der Waals surface area contributed by atoms with Crippen molar-refractivity contribution >= 4 is 33.4 Å². The molecule has 3 N–H and O–H groups in total. The topological polar surface area (TPSA) is 110 Å². The Labute approximate surface area is 168 Å². The number of likely N-dealkylation sites (tertiary alicyclic amines) is 1. The molecule has 0 radical (unpaired) electrons. The van der Waals surface area contributed by atoms with Crippen molar-refractivity contribution in [2.45, 2.75) is 30.3 Å². The van der Waals surface area contributed by atoms with Gasteiger partial charge in [0.05, 0.1) is 23.9 Å². The smallest absolute Gasteiger partial charge is 0.247 e. The van der Waals surface area contributed by atoms with Crippen molar-refractivity contribution in [3.8, 4) is 0 Å². The number of hydrogen-bond acceptors (Lipinski definition) is 5. The molecular weight excluding hydrogens is 402 g/mol. The molecule has 0 bridgehead atoms. The maximum atomic E-state index is 12.5. The van der Waals surface area contributed by atoms with Crippen LogP contribution >= 0.6 is 11.6 Å².